The average Bonchev–Trinajstić information content (AvgIpc) is 2.53. The number of nitrogens with zero attached hydrogens (tertiary/aromatic N) is 1. The Kier molecular flexibility index (Phi) is 5.63. The highest BCUT2D eigenvalue weighted by molar-refractivity contribution is 5.94. The first-order valence-corrected chi connectivity index (χ1v) is 8.08. The van der Waals surface area contributed by atoms with E-state index in [2.05, 4.69) is 19.1 Å². The number of benzene rings is 1. The van der Waals surface area contributed by atoms with Gasteiger partial charge < -0.3 is 4.90 Å². The molecule has 1 saturated carbocycles. The van der Waals surface area contributed by atoms with Crippen LogP contribution in [0.25, 0.3) is 0 Å². The summed E-state index contributed by atoms with van der Waals surface area (Å²) in [6.45, 7) is 2.21. The molecule has 0 bridgehead atoms. The van der Waals surface area contributed by atoms with Crippen LogP contribution in [0.2, 0.25) is 0 Å². The van der Waals surface area contributed by atoms with Gasteiger partial charge in [0.25, 0.3) is 5.91 Å². The maximum atomic E-state index is 12.5. The van der Waals surface area contributed by atoms with Gasteiger partial charge in [-0.3, -0.25) is 4.79 Å². The molecular formula is C18H27NO. The van der Waals surface area contributed by atoms with Crippen LogP contribution in [-0.2, 0) is 6.42 Å². The summed E-state index contributed by atoms with van der Waals surface area (Å²) in [7, 11) is 1.96. The molecule has 110 valence electrons. The van der Waals surface area contributed by atoms with Crippen molar-refractivity contribution in [2.24, 2.45) is 0 Å². The summed E-state index contributed by atoms with van der Waals surface area (Å²) in [4.78, 5) is 14.5. The van der Waals surface area contributed by atoms with E-state index in [0.717, 1.165) is 24.8 Å². The zero-order valence-electron chi connectivity index (χ0n) is 12.9. The summed E-state index contributed by atoms with van der Waals surface area (Å²) in [5, 5.41) is 0. The number of hydrogen-bond donors (Lipinski definition) is 0. The minimum Gasteiger partial charge on any atom is -0.339 e. The Labute approximate surface area is 123 Å². The second-order valence-electron chi connectivity index (χ2n) is 6.01. The normalized spacial score (nSPS) is 16.1. The number of carbonyl (C=O) groups excluding carboxylic acids is 1. The Morgan fingerprint density at radius 1 is 1.15 bits per heavy atom. The van der Waals surface area contributed by atoms with E-state index in [9.17, 15) is 4.79 Å². The maximum Gasteiger partial charge on any atom is 0.253 e. The zero-order valence-corrected chi connectivity index (χ0v) is 12.9. The Morgan fingerprint density at radius 2 is 1.80 bits per heavy atom. The topological polar surface area (TPSA) is 20.3 Å². The van der Waals surface area contributed by atoms with Crippen LogP contribution in [0.4, 0.5) is 0 Å². The van der Waals surface area contributed by atoms with Gasteiger partial charge in [0, 0.05) is 18.7 Å². The quantitative estimate of drug-likeness (QED) is 0.777. The molecule has 2 heteroatoms. The van der Waals surface area contributed by atoms with Gasteiger partial charge in [-0.25, -0.2) is 0 Å². The van der Waals surface area contributed by atoms with Crippen LogP contribution < -0.4 is 0 Å². The molecule has 20 heavy (non-hydrogen) atoms. The van der Waals surface area contributed by atoms with Crippen molar-refractivity contribution in [2.45, 2.75) is 64.3 Å². The monoisotopic (exact) mass is 273 g/mol. The average molecular weight is 273 g/mol. The second-order valence-corrected chi connectivity index (χ2v) is 6.01. The lowest BCUT2D eigenvalue weighted by molar-refractivity contribution is 0.0696. The number of aryl methyl sites for hydroxylation is 1. The van der Waals surface area contributed by atoms with Crippen molar-refractivity contribution in [1.82, 2.24) is 4.90 Å². The van der Waals surface area contributed by atoms with Crippen molar-refractivity contribution in [3.63, 3.8) is 0 Å². The van der Waals surface area contributed by atoms with Gasteiger partial charge in [-0.15, -0.1) is 0 Å². The van der Waals surface area contributed by atoms with E-state index in [0.29, 0.717) is 6.04 Å². The van der Waals surface area contributed by atoms with Crippen LogP contribution in [0.1, 0.15) is 67.8 Å². The van der Waals surface area contributed by atoms with Crippen molar-refractivity contribution in [1.29, 1.82) is 0 Å². The largest absolute Gasteiger partial charge is 0.339 e. The molecule has 1 aliphatic carbocycles. The van der Waals surface area contributed by atoms with Gasteiger partial charge in [0.05, 0.1) is 0 Å². The number of hydrogen-bond acceptors (Lipinski definition) is 1. The van der Waals surface area contributed by atoms with E-state index in [-0.39, 0.29) is 5.91 Å². The molecule has 1 aromatic rings. The third-order valence-corrected chi connectivity index (χ3v) is 4.46. The van der Waals surface area contributed by atoms with E-state index < -0.39 is 0 Å². The van der Waals surface area contributed by atoms with E-state index in [1.165, 1.54) is 37.7 Å². The molecule has 2 nitrogen and oxygen atoms in total. The highest BCUT2D eigenvalue weighted by Crippen LogP contribution is 2.23. The minimum absolute atomic E-state index is 0.180. The Balaban J connectivity index is 1.97. The third-order valence-electron chi connectivity index (χ3n) is 4.46. The number of carbonyl (C=O) groups is 1. The first kappa shape index (κ1) is 15.1. The molecule has 0 atom stereocenters. The summed E-state index contributed by atoms with van der Waals surface area (Å²) in [6, 6.07) is 8.64. The molecule has 1 amide bonds. The van der Waals surface area contributed by atoms with Gasteiger partial charge in [0.1, 0.15) is 0 Å². The van der Waals surface area contributed by atoms with Crippen molar-refractivity contribution >= 4 is 5.91 Å². The van der Waals surface area contributed by atoms with Gasteiger partial charge in [-0.2, -0.15) is 0 Å². The van der Waals surface area contributed by atoms with Crippen molar-refractivity contribution in [3.05, 3.63) is 35.4 Å². The van der Waals surface area contributed by atoms with E-state index >= 15 is 0 Å². The van der Waals surface area contributed by atoms with Gasteiger partial charge in [-0.05, 0) is 43.4 Å². The SMILES string of the molecule is CCCCc1ccc(C(=O)N(C)C2CCCCC2)cc1. The van der Waals surface area contributed by atoms with Crippen LogP contribution in [-0.4, -0.2) is 23.9 Å². The van der Waals surface area contributed by atoms with Gasteiger partial charge >= 0.3 is 0 Å². The molecule has 0 aromatic heterocycles. The predicted octanol–water partition coefficient (Wildman–Crippen LogP) is 4.43. The van der Waals surface area contributed by atoms with E-state index in [1.54, 1.807) is 0 Å². The van der Waals surface area contributed by atoms with Crippen molar-refractivity contribution in [2.75, 3.05) is 7.05 Å². The van der Waals surface area contributed by atoms with E-state index in [1.807, 2.05) is 24.1 Å². The molecule has 0 aliphatic heterocycles. The lowest BCUT2D eigenvalue weighted by Gasteiger charge is -2.31. The van der Waals surface area contributed by atoms with Crippen LogP contribution in [0.15, 0.2) is 24.3 Å². The van der Waals surface area contributed by atoms with Crippen LogP contribution in [0, 0.1) is 0 Å². The number of rotatable bonds is 5. The van der Waals surface area contributed by atoms with Gasteiger partial charge in [0.2, 0.25) is 0 Å². The Morgan fingerprint density at radius 3 is 2.40 bits per heavy atom. The first-order valence-electron chi connectivity index (χ1n) is 8.08. The Hall–Kier alpha value is -1.31. The smallest absolute Gasteiger partial charge is 0.253 e. The minimum atomic E-state index is 0.180. The predicted molar refractivity (Wildman–Crippen MR) is 84.0 cm³/mol. The highest BCUT2D eigenvalue weighted by Gasteiger charge is 2.22. The molecule has 0 spiro atoms. The first-order chi connectivity index (χ1) is 9.72. The summed E-state index contributed by atoms with van der Waals surface area (Å²) in [6.07, 6.45) is 9.72. The zero-order chi connectivity index (χ0) is 14.4. The summed E-state index contributed by atoms with van der Waals surface area (Å²) in [5.74, 6) is 0.180. The molecule has 0 N–H and O–H groups in total. The molecule has 1 fully saturated rings. The van der Waals surface area contributed by atoms with Crippen LogP contribution in [0.3, 0.4) is 0 Å². The summed E-state index contributed by atoms with van der Waals surface area (Å²) >= 11 is 0. The van der Waals surface area contributed by atoms with Crippen molar-refractivity contribution in [3.8, 4) is 0 Å². The lowest BCUT2D eigenvalue weighted by atomic mass is 9.94. The molecule has 0 radical (unpaired) electrons. The van der Waals surface area contributed by atoms with Crippen LogP contribution in [0.5, 0.6) is 0 Å². The third kappa shape index (κ3) is 3.84. The molecular weight excluding hydrogens is 246 g/mol. The summed E-state index contributed by atoms with van der Waals surface area (Å²) in [5.41, 5.74) is 2.17. The molecule has 2 rings (SSSR count). The van der Waals surface area contributed by atoms with E-state index in [4.69, 9.17) is 0 Å². The standard InChI is InChI=1S/C18H27NO/c1-3-4-8-15-11-13-16(14-12-15)18(20)19(2)17-9-6-5-7-10-17/h11-14,17H,3-10H2,1-2H3. The lowest BCUT2D eigenvalue weighted by Crippen LogP contribution is -2.38. The van der Waals surface area contributed by atoms with Crippen molar-refractivity contribution < 1.29 is 4.79 Å². The summed E-state index contributed by atoms with van der Waals surface area (Å²) < 4.78 is 0. The molecule has 1 aromatic carbocycles. The maximum absolute atomic E-state index is 12.5. The fraction of sp³-hybridized carbons (Fsp3) is 0.611. The fourth-order valence-corrected chi connectivity index (χ4v) is 3.03. The molecule has 1 aliphatic rings. The van der Waals surface area contributed by atoms with Gasteiger partial charge in [-0.1, -0.05) is 44.7 Å². The highest BCUT2D eigenvalue weighted by atomic mass is 16.2. The Bertz CT molecular complexity index is 418. The van der Waals surface area contributed by atoms with Crippen LogP contribution >= 0.6 is 0 Å². The molecule has 0 unspecified atom stereocenters. The van der Waals surface area contributed by atoms with Gasteiger partial charge in [0.15, 0.2) is 0 Å². The second kappa shape index (κ2) is 7.47. The molecule has 0 saturated heterocycles. The number of amides is 1. The molecule has 0 heterocycles. The fourth-order valence-electron chi connectivity index (χ4n) is 3.03. The number of unbranched alkanes of at least 4 members (excludes halogenated alkanes) is 1.